The van der Waals surface area contributed by atoms with Gasteiger partial charge in [0.2, 0.25) is 0 Å². The second kappa shape index (κ2) is 6.33. The molecule has 0 aliphatic carbocycles. The van der Waals surface area contributed by atoms with E-state index < -0.39 is 0 Å². The van der Waals surface area contributed by atoms with Gasteiger partial charge in [-0.25, -0.2) is 0 Å². The zero-order valence-electron chi connectivity index (χ0n) is 8.96. The Hall–Kier alpha value is -1.15. The molecule has 1 rings (SSSR count). The molecule has 1 heterocycles. The van der Waals surface area contributed by atoms with Crippen molar-refractivity contribution in [3.8, 4) is 0 Å². The number of allylic oxidation sites excluding steroid dienone is 1. The summed E-state index contributed by atoms with van der Waals surface area (Å²) in [5.74, 6) is 0. The van der Waals surface area contributed by atoms with E-state index in [0.29, 0.717) is 0 Å². The number of hydrogen-bond acceptors (Lipinski definition) is 2. The van der Waals surface area contributed by atoms with Crippen LogP contribution in [0.2, 0.25) is 0 Å². The molecule has 0 atom stereocenters. The second-order valence-corrected chi connectivity index (χ2v) is 3.34. The molecular weight excluding hydrogens is 172 g/mol. The smallest absolute Gasteiger partial charge is 0.0372 e. The summed E-state index contributed by atoms with van der Waals surface area (Å²) in [6.45, 7) is 5.98. The highest BCUT2D eigenvalue weighted by Crippen LogP contribution is 1.98. The summed E-state index contributed by atoms with van der Waals surface area (Å²) in [5, 5.41) is 3.36. The molecular formula is C12H18N2. The summed E-state index contributed by atoms with van der Waals surface area (Å²) in [6.07, 6.45) is 7.27. The van der Waals surface area contributed by atoms with E-state index in [1.807, 2.05) is 26.1 Å². The van der Waals surface area contributed by atoms with Crippen molar-refractivity contribution in [2.75, 3.05) is 6.54 Å². The van der Waals surface area contributed by atoms with Gasteiger partial charge in [0, 0.05) is 18.4 Å². The fraction of sp³-hybridized carbons (Fsp3) is 0.417. The maximum atomic E-state index is 4.24. The lowest BCUT2D eigenvalue weighted by molar-refractivity contribution is 0.693. The Morgan fingerprint density at radius 2 is 2.29 bits per heavy atom. The van der Waals surface area contributed by atoms with E-state index in [1.165, 1.54) is 5.56 Å². The minimum absolute atomic E-state index is 0.908. The van der Waals surface area contributed by atoms with Crippen LogP contribution in [0.15, 0.2) is 30.5 Å². The summed E-state index contributed by atoms with van der Waals surface area (Å²) >= 11 is 0. The molecule has 2 nitrogen and oxygen atoms in total. The van der Waals surface area contributed by atoms with Crippen LogP contribution in [0, 0.1) is 6.92 Å². The summed E-state index contributed by atoms with van der Waals surface area (Å²) in [5.41, 5.74) is 2.32. The third-order valence-corrected chi connectivity index (χ3v) is 2.03. The number of aryl methyl sites for hydroxylation is 1. The summed E-state index contributed by atoms with van der Waals surface area (Å²) in [6, 6.07) is 4.16. The van der Waals surface area contributed by atoms with Crippen LogP contribution in [-0.2, 0) is 6.54 Å². The Labute approximate surface area is 86.1 Å². The van der Waals surface area contributed by atoms with Crippen LogP contribution in [-0.4, -0.2) is 11.5 Å². The first-order valence-electron chi connectivity index (χ1n) is 5.06. The van der Waals surface area contributed by atoms with E-state index in [4.69, 9.17) is 0 Å². The standard InChI is InChI=1S/C12H18N2/c1-3-4-5-8-13-9-12-7-6-11(2)14-10-12/h3-4,6-7,10,13H,5,8-9H2,1-2H3/b4-3+. The van der Waals surface area contributed by atoms with Gasteiger partial charge in [-0.3, -0.25) is 4.98 Å². The van der Waals surface area contributed by atoms with Crippen molar-refractivity contribution in [2.24, 2.45) is 0 Å². The topological polar surface area (TPSA) is 24.9 Å². The molecule has 1 N–H and O–H groups in total. The molecule has 0 aliphatic heterocycles. The van der Waals surface area contributed by atoms with Gasteiger partial charge in [-0.15, -0.1) is 0 Å². The first kappa shape index (κ1) is 10.9. The third-order valence-electron chi connectivity index (χ3n) is 2.03. The minimum atomic E-state index is 0.908. The molecule has 0 saturated heterocycles. The van der Waals surface area contributed by atoms with Crippen LogP contribution in [0.3, 0.4) is 0 Å². The van der Waals surface area contributed by atoms with Crippen molar-refractivity contribution in [1.29, 1.82) is 0 Å². The summed E-state index contributed by atoms with van der Waals surface area (Å²) in [4.78, 5) is 4.24. The van der Waals surface area contributed by atoms with Crippen molar-refractivity contribution in [2.45, 2.75) is 26.8 Å². The van der Waals surface area contributed by atoms with Gasteiger partial charge in [0.05, 0.1) is 0 Å². The minimum Gasteiger partial charge on any atom is -0.312 e. The van der Waals surface area contributed by atoms with Crippen molar-refractivity contribution in [3.63, 3.8) is 0 Å². The van der Waals surface area contributed by atoms with Crippen LogP contribution < -0.4 is 5.32 Å². The Morgan fingerprint density at radius 3 is 2.93 bits per heavy atom. The average Bonchev–Trinajstić information content (AvgIpc) is 2.21. The lowest BCUT2D eigenvalue weighted by atomic mass is 10.2. The highest BCUT2D eigenvalue weighted by atomic mass is 14.8. The van der Waals surface area contributed by atoms with Crippen molar-refractivity contribution >= 4 is 0 Å². The van der Waals surface area contributed by atoms with E-state index in [2.05, 4.69) is 28.5 Å². The SMILES string of the molecule is C/C=C/CCNCc1ccc(C)nc1. The molecule has 0 fully saturated rings. The highest BCUT2D eigenvalue weighted by molar-refractivity contribution is 5.12. The van der Waals surface area contributed by atoms with Gasteiger partial charge in [-0.05, 0) is 38.4 Å². The predicted octanol–water partition coefficient (Wildman–Crippen LogP) is 2.45. The molecule has 1 aromatic rings. The molecule has 0 saturated carbocycles. The first-order valence-corrected chi connectivity index (χ1v) is 5.06. The van der Waals surface area contributed by atoms with E-state index in [9.17, 15) is 0 Å². The molecule has 14 heavy (non-hydrogen) atoms. The molecule has 0 spiro atoms. The second-order valence-electron chi connectivity index (χ2n) is 3.34. The summed E-state index contributed by atoms with van der Waals surface area (Å²) < 4.78 is 0. The number of nitrogens with one attached hydrogen (secondary N) is 1. The molecule has 2 heteroatoms. The van der Waals surface area contributed by atoms with Crippen LogP contribution in [0.4, 0.5) is 0 Å². The molecule has 0 aliphatic rings. The first-order chi connectivity index (χ1) is 6.83. The highest BCUT2D eigenvalue weighted by Gasteiger charge is 1.91. The zero-order chi connectivity index (χ0) is 10.2. The third kappa shape index (κ3) is 4.19. The van der Waals surface area contributed by atoms with Gasteiger partial charge < -0.3 is 5.32 Å². The molecule has 0 bridgehead atoms. The molecule has 0 unspecified atom stereocenters. The fourth-order valence-electron chi connectivity index (χ4n) is 1.19. The van der Waals surface area contributed by atoms with Gasteiger partial charge in [0.25, 0.3) is 0 Å². The number of rotatable bonds is 5. The normalized spacial score (nSPS) is 11.0. The average molecular weight is 190 g/mol. The van der Waals surface area contributed by atoms with Crippen molar-refractivity contribution < 1.29 is 0 Å². The Morgan fingerprint density at radius 1 is 1.43 bits per heavy atom. The maximum Gasteiger partial charge on any atom is 0.0372 e. The van der Waals surface area contributed by atoms with Crippen LogP contribution in [0.25, 0.3) is 0 Å². The number of aromatic nitrogens is 1. The van der Waals surface area contributed by atoms with Crippen molar-refractivity contribution in [3.05, 3.63) is 41.7 Å². The molecule has 76 valence electrons. The Balaban J connectivity index is 2.21. The fourth-order valence-corrected chi connectivity index (χ4v) is 1.19. The monoisotopic (exact) mass is 190 g/mol. The Bertz CT molecular complexity index is 275. The van der Waals surface area contributed by atoms with Crippen LogP contribution in [0.1, 0.15) is 24.6 Å². The lowest BCUT2D eigenvalue weighted by Gasteiger charge is -2.02. The van der Waals surface area contributed by atoms with Gasteiger partial charge in [-0.1, -0.05) is 18.2 Å². The van der Waals surface area contributed by atoms with Gasteiger partial charge in [0.1, 0.15) is 0 Å². The molecule has 0 aromatic carbocycles. The number of pyridine rings is 1. The van der Waals surface area contributed by atoms with E-state index >= 15 is 0 Å². The maximum absolute atomic E-state index is 4.24. The quantitative estimate of drug-likeness (QED) is 0.570. The largest absolute Gasteiger partial charge is 0.312 e. The lowest BCUT2D eigenvalue weighted by Crippen LogP contribution is -2.14. The van der Waals surface area contributed by atoms with Crippen LogP contribution >= 0.6 is 0 Å². The van der Waals surface area contributed by atoms with E-state index in [-0.39, 0.29) is 0 Å². The van der Waals surface area contributed by atoms with E-state index in [1.54, 1.807) is 0 Å². The molecule has 0 radical (unpaired) electrons. The summed E-state index contributed by atoms with van der Waals surface area (Å²) in [7, 11) is 0. The number of nitrogens with zero attached hydrogens (tertiary/aromatic N) is 1. The van der Waals surface area contributed by atoms with Crippen LogP contribution in [0.5, 0.6) is 0 Å². The van der Waals surface area contributed by atoms with Gasteiger partial charge in [0.15, 0.2) is 0 Å². The van der Waals surface area contributed by atoms with Crippen molar-refractivity contribution in [1.82, 2.24) is 10.3 Å². The Kier molecular flexibility index (Phi) is 4.94. The van der Waals surface area contributed by atoms with Gasteiger partial charge >= 0.3 is 0 Å². The van der Waals surface area contributed by atoms with Gasteiger partial charge in [-0.2, -0.15) is 0 Å². The molecule has 1 aromatic heterocycles. The predicted molar refractivity (Wildman–Crippen MR) is 60.1 cm³/mol. The number of hydrogen-bond donors (Lipinski definition) is 1. The zero-order valence-corrected chi connectivity index (χ0v) is 8.96. The van der Waals surface area contributed by atoms with E-state index in [0.717, 1.165) is 25.2 Å². The molecule has 0 amide bonds.